The molecule has 6 amide bonds. The van der Waals surface area contributed by atoms with Crippen LogP contribution in [0.2, 0.25) is 0 Å². The number of ether oxygens (including phenoxy) is 2. The summed E-state index contributed by atoms with van der Waals surface area (Å²) < 4.78 is 40.7. The fourth-order valence-corrected chi connectivity index (χ4v) is 11.6. The van der Waals surface area contributed by atoms with E-state index in [0.29, 0.717) is 69.0 Å². The standard InChI is InChI=1S/C59H74F2N10O8.2ClH/c1-36-30-69(45(29-65-36)32-68-22-25-79-34-37(68)2)33-51(72)71-35-59(4,47-16-12-40(27-50(47)71)26-39-10-14-44(60)15-11-39)58(77)64-21-20-63-55(74)42-13-17-48(61)49(28-42)66-56(75)53-46-9-7-6-8-43(46)31-70(53)57(76)52(41-18-23-78-24-19-41)67-54(73)38(3)62-5;;/h6-17,27-28,36-38,41,45,52-53,62,65H,18-26,29-35H2,1-5H3,(H,63,74)(H,64,77)(H,66,75)(H,67,73);2*1H/t36-,37-,38+,45-,52+,53+,59?;;/m1../s1. The molecule has 7 atom stereocenters. The van der Waals surface area contributed by atoms with Gasteiger partial charge < -0.3 is 51.2 Å². The summed E-state index contributed by atoms with van der Waals surface area (Å²) in [6.45, 7) is 13.2. The number of halogens is 4. The minimum absolute atomic E-state index is 0. The van der Waals surface area contributed by atoms with Gasteiger partial charge in [0, 0.05) is 94.9 Å². The molecule has 22 heteroatoms. The highest BCUT2D eigenvalue weighted by atomic mass is 35.5. The second-order valence-corrected chi connectivity index (χ2v) is 22.0. The monoisotopic (exact) mass is 1160 g/mol. The number of hydrogen-bond donors (Lipinski definition) is 6. The largest absolute Gasteiger partial charge is 0.381 e. The average molecular weight is 1160 g/mol. The zero-order chi connectivity index (χ0) is 56.0. The molecule has 3 fully saturated rings. The lowest BCUT2D eigenvalue weighted by molar-refractivity contribution is -0.144. The minimum Gasteiger partial charge on any atom is -0.381 e. The van der Waals surface area contributed by atoms with E-state index in [-0.39, 0.29) is 116 Å². The number of piperazine rings is 1. The number of rotatable bonds is 18. The lowest BCUT2D eigenvalue weighted by Crippen LogP contribution is -2.62. The molecule has 4 aromatic carbocycles. The Balaban J connectivity index is 0.00000473. The Kier molecular flexibility index (Phi) is 21.4. The first-order valence-corrected chi connectivity index (χ1v) is 27.6. The van der Waals surface area contributed by atoms with Crippen molar-refractivity contribution in [2.75, 3.05) is 96.0 Å². The van der Waals surface area contributed by atoms with Gasteiger partial charge in [0.25, 0.3) is 11.8 Å². The summed E-state index contributed by atoms with van der Waals surface area (Å²) in [5.41, 5.74) is 2.97. The van der Waals surface area contributed by atoms with Crippen LogP contribution in [-0.2, 0) is 51.8 Å². The number of anilines is 2. The van der Waals surface area contributed by atoms with E-state index in [1.807, 2.05) is 31.2 Å². The zero-order valence-electron chi connectivity index (χ0n) is 46.6. The molecule has 438 valence electrons. The Morgan fingerprint density at radius 1 is 0.852 bits per heavy atom. The van der Waals surface area contributed by atoms with Crippen LogP contribution in [-0.4, -0.2) is 166 Å². The predicted molar refractivity (Wildman–Crippen MR) is 309 cm³/mol. The number of morpholine rings is 1. The van der Waals surface area contributed by atoms with E-state index in [0.717, 1.165) is 42.4 Å². The van der Waals surface area contributed by atoms with Gasteiger partial charge in [0.2, 0.25) is 23.6 Å². The second kappa shape index (κ2) is 27.8. The lowest BCUT2D eigenvalue weighted by atomic mass is 9.83. The van der Waals surface area contributed by atoms with E-state index in [1.54, 1.807) is 49.2 Å². The van der Waals surface area contributed by atoms with Crippen molar-refractivity contribution in [3.05, 3.63) is 130 Å². The van der Waals surface area contributed by atoms with Gasteiger partial charge in [-0.05, 0) is 124 Å². The molecule has 1 unspecified atom stereocenters. The van der Waals surface area contributed by atoms with E-state index in [1.165, 1.54) is 29.2 Å². The normalized spacial score (nSPS) is 22.7. The van der Waals surface area contributed by atoms with E-state index in [9.17, 15) is 33.2 Å². The third-order valence-corrected chi connectivity index (χ3v) is 16.4. The second-order valence-electron chi connectivity index (χ2n) is 22.0. The first kappa shape index (κ1) is 62.5. The first-order valence-electron chi connectivity index (χ1n) is 27.6. The summed E-state index contributed by atoms with van der Waals surface area (Å²) >= 11 is 0. The molecule has 0 aromatic heterocycles. The summed E-state index contributed by atoms with van der Waals surface area (Å²) in [7, 11) is 1.65. The molecule has 5 aliphatic rings. The van der Waals surface area contributed by atoms with Crippen LogP contribution in [0.15, 0.2) is 84.9 Å². The van der Waals surface area contributed by atoms with Crippen LogP contribution in [0.1, 0.15) is 84.8 Å². The zero-order valence-corrected chi connectivity index (χ0v) is 48.2. The van der Waals surface area contributed by atoms with Crippen LogP contribution in [0.5, 0.6) is 0 Å². The molecule has 5 heterocycles. The van der Waals surface area contributed by atoms with Gasteiger partial charge >= 0.3 is 0 Å². The molecule has 9 rings (SSSR count). The van der Waals surface area contributed by atoms with Crippen LogP contribution in [0.4, 0.5) is 20.2 Å². The van der Waals surface area contributed by atoms with Crippen molar-refractivity contribution >= 4 is 71.6 Å². The summed E-state index contributed by atoms with van der Waals surface area (Å²) in [5.74, 6) is -3.98. The number of nitrogens with one attached hydrogen (secondary N) is 6. The van der Waals surface area contributed by atoms with Gasteiger partial charge in [-0.25, -0.2) is 8.78 Å². The third-order valence-electron chi connectivity index (χ3n) is 16.4. The number of likely N-dealkylation sites (N-methyl/N-ethyl adjacent to an activating group) is 1. The van der Waals surface area contributed by atoms with Crippen molar-refractivity contribution in [1.29, 1.82) is 0 Å². The van der Waals surface area contributed by atoms with Gasteiger partial charge in [0.05, 0.1) is 36.9 Å². The molecule has 0 aliphatic carbocycles. The molecule has 0 saturated carbocycles. The van der Waals surface area contributed by atoms with Gasteiger partial charge in [0.1, 0.15) is 23.7 Å². The Bertz CT molecular complexity index is 2900. The SMILES string of the molecule is CN[C@@H](C)C(=O)N[C@H](C(=O)N1Cc2ccccc2[C@H]1C(=O)Nc1cc(C(=O)NCCNC(=O)C2(C)CN(C(=O)CN3C[C@@H](C)NC[C@@H]3CN3CCOC[C@H]3C)c3cc(Cc4ccc(F)cc4)ccc32)ccc1F)C1CCOCC1.Cl.Cl. The van der Waals surface area contributed by atoms with E-state index in [2.05, 4.69) is 55.5 Å². The van der Waals surface area contributed by atoms with Crippen LogP contribution in [0.25, 0.3) is 0 Å². The van der Waals surface area contributed by atoms with Crippen LogP contribution in [0.3, 0.4) is 0 Å². The Labute approximate surface area is 485 Å². The summed E-state index contributed by atoms with van der Waals surface area (Å²) in [6, 6.07) is 20.5. The highest BCUT2D eigenvalue weighted by molar-refractivity contribution is 6.04. The van der Waals surface area contributed by atoms with Crippen molar-refractivity contribution < 1.29 is 47.0 Å². The molecule has 3 saturated heterocycles. The highest BCUT2D eigenvalue weighted by Gasteiger charge is 2.48. The predicted octanol–water partition coefficient (Wildman–Crippen LogP) is 4.47. The molecule has 18 nitrogen and oxygen atoms in total. The topological polar surface area (TPSA) is 206 Å². The Hall–Kier alpha value is -6.10. The van der Waals surface area contributed by atoms with Crippen LogP contribution >= 0.6 is 24.8 Å². The van der Waals surface area contributed by atoms with E-state index >= 15 is 4.39 Å². The third kappa shape index (κ3) is 14.4. The van der Waals surface area contributed by atoms with Crippen molar-refractivity contribution in [2.45, 2.75) is 95.2 Å². The maximum Gasteiger partial charge on any atom is 0.251 e. The summed E-state index contributed by atoms with van der Waals surface area (Å²) in [5, 5.41) is 17.8. The van der Waals surface area contributed by atoms with E-state index < -0.39 is 47.1 Å². The first-order chi connectivity index (χ1) is 38.0. The number of amides is 6. The molecule has 5 aliphatic heterocycles. The fourth-order valence-electron chi connectivity index (χ4n) is 11.6. The van der Waals surface area contributed by atoms with Crippen LogP contribution < -0.4 is 36.8 Å². The molecular weight excluding hydrogens is 1090 g/mol. The molecular formula is C59H76Cl2F2N10O8. The maximum absolute atomic E-state index is 15.6. The lowest BCUT2D eigenvalue weighted by Gasteiger charge is -2.43. The Morgan fingerprint density at radius 3 is 2.32 bits per heavy atom. The molecule has 0 radical (unpaired) electrons. The van der Waals surface area contributed by atoms with Gasteiger partial charge in [-0.15, -0.1) is 24.8 Å². The number of fused-ring (bicyclic) bond motifs is 2. The number of nitrogens with zero attached hydrogens (tertiary/aromatic N) is 4. The highest BCUT2D eigenvalue weighted by Crippen LogP contribution is 2.42. The van der Waals surface area contributed by atoms with Crippen molar-refractivity contribution in [3.8, 4) is 0 Å². The quantitative estimate of drug-likeness (QED) is 0.0764. The van der Waals surface area contributed by atoms with Crippen molar-refractivity contribution in [1.82, 2.24) is 41.3 Å². The molecule has 0 bridgehead atoms. The molecule has 4 aromatic rings. The smallest absolute Gasteiger partial charge is 0.251 e. The molecule has 6 N–H and O–H groups in total. The average Bonchev–Trinajstić information content (AvgIpc) is 4.25. The van der Waals surface area contributed by atoms with E-state index in [4.69, 9.17) is 9.47 Å². The van der Waals surface area contributed by atoms with Gasteiger partial charge in [-0.1, -0.05) is 48.5 Å². The fraction of sp³-hybridized carbons (Fsp3) is 0.492. The maximum atomic E-state index is 15.6. The van der Waals surface area contributed by atoms with Gasteiger partial charge in [0.15, 0.2) is 0 Å². The number of carbonyl (C=O) groups is 6. The van der Waals surface area contributed by atoms with Crippen molar-refractivity contribution in [3.63, 3.8) is 0 Å². The van der Waals surface area contributed by atoms with Gasteiger partial charge in [-0.3, -0.25) is 38.6 Å². The summed E-state index contributed by atoms with van der Waals surface area (Å²) in [6.07, 6.45) is 1.54. The molecule has 0 spiro atoms. The van der Waals surface area contributed by atoms with Gasteiger partial charge in [-0.2, -0.15) is 0 Å². The minimum atomic E-state index is -1.18. The molecule has 81 heavy (non-hydrogen) atoms. The van der Waals surface area contributed by atoms with Crippen LogP contribution in [0, 0.1) is 17.6 Å². The number of hydrogen-bond acceptors (Lipinski definition) is 12. The Morgan fingerprint density at radius 2 is 1.58 bits per heavy atom. The van der Waals surface area contributed by atoms with Crippen molar-refractivity contribution in [2.24, 2.45) is 5.92 Å². The number of carbonyl (C=O) groups excluding carboxylic acids is 6. The summed E-state index contributed by atoms with van der Waals surface area (Å²) in [4.78, 5) is 92.7. The number of benzene rings is 4.